The monoisotopic (exact) mass is 350 g/mol. The summed E-state index contributed by atoms with van der Waals surface area (Å²) in [7, 11) is 1.90. The third-order valence-electron chi connectivity index (χ3n) is 2.35. The average molecular weight is 352 g/mol. The average Bonchev–Trinajstić information content (AvgIpc) is 2.37. The second-order valence-corrected chi connectivity index (χ2v) is 4.69. The summed E-state index contributed by atoms with van der Waals surface area (Å²) in [6.45, 7) is 2.00. The zero-order valence-electron chi connectivity index (χ0n) is 10.9. The van der Waals surface area contributed by atoms with Crippen molar-refractivity contribution in [3.63, 3.8) is 0 Å². The van der Waals surface area contributed by atoms with E-state index >= 15 is 0 Å². The number of nitrogens with one attached hydrogen (secondary N) is 2. The quantitative estimate of drug-likeness (QED) is 0.707. The Morgan fingerprint density at radius 3 is 2.74 bits per heavy atom. The lowest BCUT2D eigenvalue weighted by molar-refractivity contribution is -0.121. The summed E-state index contributed by atoms with van der Waals surface area (Å²) in [5.74, 6) is 0.790. The second kappa shape index (κ2) is 11.1. The number of halogens is 2. The van der Waals surface area contributed by atoms with Gasteiger partial charge in [-0.15, -0.1) is 12.4 Å². The Bertz CT molecular complexity index is 377. The highest BCUT2D eigenvalue weighted by atomic mass is 79.9. The fourth-order valence-electron chi connectivity index (χ4n) is 1.40. The van der Waals surface area contributed by atoms with Crippen LogP contribution in [0.15, 0.2) is 28.7 Å². The molecule has 0 aromatic heterocycles. The molecule has 6 heteroatoms. The van der Waals surface area contributed by atoms with Crippen molar-refractivity contribution < 1.29 is 9.53 Å². The molecule has 1 amide bonds. The van der Waals surface area contributed by atoms with Gasteiger partial charge in [-0.1, -0.05) is 12.1 Å². The summed E-state index contributed by atoms with van der Waals surface area (Å²) in [4.78, 5) is 11.5. The first kappa shape index (κ1) is 18.2. The SMILES string of the molecule is CNCCCNC(=O)CCOc1ccccc1Br.Cl. The molecule has 108 valence electrons. The van der Waals surface area contributed by atoms with Crippen LogP contribution in [0.1, 0.15) is 12.8 Å². The van der Waals surface area contributed by atoms with Crippen molar-refractivity contribution in [3.05, 3.63) is 28.7 Å². The van der Waals surface area contributed by atoms with E-state index in [1.165, 1.54) is 0 Å². The van der Waals surface area contributed by atoms with Crippen molar-refractivity contribution in [2.45, 2.75) is 12.8 Å². The lowest BCUT2D eigenvalue weighted by atomic mass is 10.3. The predicted molar refractivity (Wildman–Crippen MR) is 83.1 cm³/mol. The van der Waals surface area contributed by atoms with Crippen LogP contribution in [0.4, 0.5) is 0 Å². The van der Waals surface area contributed by atoms with Crippen molar-refractivity contribution in [2.24, 2.45) is 0 Å². The molecule has 2 N–H and O–H groups in total. The lowest BCUT2D eigenvalue weighted by Crippen LogP contribution is -2.27. The van der Waals surface area contributed by atoms with Gasteiger partial charge in [-0.25, -0.2) is 0 Å². The Labute approximate surface area is 128 Å². The molecule has 0 spiro atoms. The Morgan fingerprint density at radius 1 is 1.32 bits per heavy atom. The van der Waals surface area contributed by atoms with Crippen LogP contribution in [0.3, 0.4) is 0 Å². The van der Waals surface area contributed by atoms with Crippen molar-refractivity contribution in [3.8, 4) is 5.75 Å². The van der Waals surface area contributed by atoms with E-state index in [9.17, 15) is 4.79 Å². The number of hydrogen-bond acceptors (Lipinski definition) is 3. The normalized spacial score (nSPS) is 9.58. The number of amides is 1. The lowest BCUT2D eigenvalue weighted by Gasteiger charge is -2.08. The van der Waals surface area contributed by atoms with Crippen LogP contribution in [0.5, 0.6) is 5.75 Å². The Balaban J connectivity index is 0.00000324. The first-order valence-electron chi connectivity index (χ1n) is 6.02. The van der Waals surface area contributed by atoms with E-state index in [1.807, 2.05) is 31.3 Å². The van der Waals surface area contributed by atoms with Crippen LogP contribution in [-0.4, -0.2) is 32.7 Å². The highest BCUT2D eigenvalue weighted by Gasteiger charge is 2.03. The summed E-state index contributed by atoms with van der Waals surface area (Å²) < 4.78 is 6.42. The smallest absolute Gasteiger partial charge is 0.223 e. The molecule has 0 aliphatic carbocycles. The minimum absolute atomic E-state index is 0. The molecule has 0 aliphatic heterocycles. The van der Waals surface area contributed by atoms with Crippen LogP contribution in [0, 0.1) is 0 Å². The fraction of sp³-hybridized carbons (Fsp3) is 0.462. The number of rotatable bonds is 8. The molecule has 0 bridgehead atoms. The van der Waals surface area contributed by atoms with Crippen LogP contribution >= 0.6 is 28.3 Å². The summed E-state index contributed by atoms with van der Waals surface area (Å²) >= 11 is 3.39. The van der Waals surface area contributed by atoms with Crippen LogP contribution in [0.2, 0.25) is 0 Å². The van der Waals surface area contributed by atoms with Gasteiger partial charge in [0.15, 0.2) is 0 Å². The molecule has 4 nitrogen and oxygen atoms in total. The van der Waals surface area contributed by atoms with Gasteiger partial charge in [0.2, 0.25) is 5.91 Å². The number of ether oxygens (including phenoxy) is 1. The van der Waals surface area contributed by atoms with Crippen molar-refractivity contribution in [2.75, 3.05) is 26.7 Å². The van der Waals surface area contributed by atoms with Crippen molar-refractivity contribution in [1.82, 2.24) is 10.6 Å². The fourth-order valence-corrected chi connectivity index (χ4v) is 1.80. The maximum Gasteiger partial charge on any atom is 0.223 e. The van der Waals surface area contributed by atoms with Gasteiger partial charge in [-0.3, -0.25) is 4.79 Å². The standard InChI is InChI=1S/C13H19BrN2O2.ClH/c1-15-8-4-9-16-13(17)7-10-18-12-6-3-2-5-11(12)14;/h2-3,5-6,15H,4,7-10H2,1H3,(H,16,17);1H. The van der Waals surface area contributed by atoms with E-state index < -0.39 is 0 Å². The van der Waals surface area contributed by atoms with E-state index in [0.717, 1.165) is 23.2 Å². The largest absolute Gasteiger partial charge is 0.492 e. The molecule has 0 atom stereocenters. The third-order valence-corrected chi connectivity index (χ3v) is 3.00. The highest BCUT2D eigenvalue weighted by molar-refractivity contribution is 9.10. The zero-order chi connectivity index (χ0) is 13.2. The molecular weight excluding hydrogens is 332 g/mol. The molecule has 19 heavy (non-hydrogen) atoms. The number of hydrogen-bond donors (Lipinski definition) is 2. The number of benzene rings is 1. The number of carbonyl (C=O) groups excluding carboxylic acids is 1. The maximum absolute atomic E-state index is 11.5. The predicted octanol–water partition coefficient (Wildman–Crippen LogP) is 2.37. The van der Waals surface area contributed by atoms with E-state index in [2.05, 4.69) is 26.6 Å². The summed E-state index contributed by atoms with van der Waals surface area (Å²) in [6.07, 6.45) is 1.31. The number of carbonyl (C=O) groups is 1. The first-order valence-corrected chi connectivity index (χ1v) is 6.82. The Hall–Kier alpha value is -0.780. The molecule has 1 aromatic carbocycles. The molecule has 1 aromatic rings. The number of para-hydroxylation sites is 1. The molecule has 0 aliphatic rings. The minimum atomic E-state index is 0. The molecule has 0 radical (unpaired) electrons. The van der Waals surface area contributed by atoms with E-state index in [-0.39, 0.29) is 18.3 Å². The molecule has 0 heterocycles. The molecule has 0 fully saturated rings. The molecule has 0 saturated carbocycles. The van der Waals surface area contributed by atoms with Gasteiger partial charge in [-0.05, 0) is 48.1 Å². The van der Waals surface area contributed by atoms with Crippen LogP contribution < -0.4 is 15.4 Å². The summed E-state index contributed by atoms with van der Waals surface area (Å²) in [5, 5.41) is 5.88. The van der Waals surface area contributed by atoms with Gasteiger partial charge in [0, 0.05) is 6.54 Å². The minimum Gasteiger partial charge on any atom is -0.492 e. The Kier molecular flexibility index (Phi) is 10.6. The van der Waals surface area contributed by atoms with Gasteiger partial charge in [0.1, 0.15) is 5.75 Å². The van der Waals surface area contributed by atoms with Gasteiger partial charge in [-0.2, -0.15) is 0 Å². The second-order valence-electron chi connectivity index (χ2n) is 3.84. The van der Waals surface area contributed by atoms with Gasteiger partial charge in [0.25, 0.3) is 0 Å². The van der Waals surface area contributed by atoms with Gasteiger partial charge in [0.05, 0.1) is 17.5 Å². The van der Waals surface area contributed by atoms with Gasteiger partial charge >= 0.3 is 0 Å². The van der Waals surface area contributed by atoms with Crippen molar-refractivity contribution >= 4 is 34.2 Å². The molecule has 0 unspecified atom stereocenters. The van der Waals surface area contributed by atoms with E-state index in [0.29, 0.717) is 19.6 Å². The molecule has 0 saturated heterocycles. The maximum atomic E-state index is 11.5. The van der Waals surface area contributed by atoms with Crippen molar-refractivity contribution in [1.29, 1.82) is 0 Å². The highest BCUT2D eigenvalue weighted by Crippen LogP contribution is 2.23. The third kappa shape index (κ3) is 8.08. The first-order chi connectivity index (χ1) is 8.74. The van der Waals surface area contributed by atoms with Crippen LogP contribution in [0.25, 0.3) is 0 Å². The molecule has 1 rings (SSSR count). The van der Waals surface area contributed by atoms with E-state index in [1.54, 1.807) is 0 Å². The topological polar surface area (TPSA) is 50.4 Å². The summed E-state index contributed by atoms with van der Waals surface area (Å²) in [6, 6.07) is 7.60. The Morgan fingerprint density at radius 2 is 2.05 bits per heavy atom. The van der Waals surface area contributed by atoms with E-state index in [4.69, 9.17) is 4.74 Å². The van der Waals surface area contributed by atoms with Crippen LogP contribution in [-0.2, 0) is 4.79 Å². The zero-order valence-corrected chi connectivity index (χ0v) is 13.4. The van der Waals surface area contributed by atoms with Gasteiger partial charge < -0.3 is 15.4 Å². The summed E-state index contributed by atoms with van der Waals surface area (Å²) in [5.41, 5.74) is 0. The molecular formula is C13H20BrClN2O2.